The second-order valence-electron chi connectivity index (χ2n) is 9.19. The summed E-state index contributed by atoms with van der Waals surface area (Å²) in [6.45, 7) is 0.836. The molecular weight excluding hydrogens is 392 g/mol. The summed E-state index contributed by atoms with van der Waals surface area (Å²) in [4.78, 5) is 5.09. The molecule has 1 aromatic heterocycles. The van der Waals surface area contributed by atoms with Crippen molar-refractivity contribution < 1.29 is 19.3 Å². The Bertz CT molecular complexity index is 1270. The Labute approximate surface area is 180 Å². The third kappa shape index (κ3) is 1.86. The SMILES string of the molecule is COc1ccc2c3c1OC1c4nc5ccccc5c(OC)c4CC4(O)[C@H](C2)NCC[C@]314. The quantitative estimate of drug-likeness (QED) is 0.669. The van der Waals surface area contributed by atoms with Gasteiger partial charge in [-0.2, -0.15) is 0 Å². The number of hydrogen-bond acceptors (Lipinski definition) is 6. The number of para-hydroxylation sites is 1. The zero-order valence-electron chi connectivity index (χ0n) is 17.6. The van der Waals surface area contributed by atoms with Gasteiger partial charge in [-0.1, -0.05) is 18.2 Å². The highest BCUT2D eigenvalue weighted by Gasteiger charge is 2.71. The molecule has 158 valence electrons. The van der Waals surface area contributed by atoms with Crippen LogP contribution in [0, 0.1) is 0 Å². The number of aliphatic hydroxyl groups is 1. The van der Waals surface area contributed by atoms with E-state index in [2.05, 4.69) is 11.4 Å². The number of nitrogens with zero attached hydrogens (tertiary/aromatic N) is 1. The van der Waals surface area contributed by atoms with Gasteiger partial charge in [-0.05, 0) is 43.1 Å². The van der Waals surface area contributed by atoms with Gasteiger partial charge in [0.25, 0.3) is 0 Å². The monoisotopic (exact) mass is 416 g/mol. The van der Waals surface area contributed by atoms with Crippen LogP contribution in [0.15, 0.2) is 36.4 Å². The van der Waals surface area contributed by atoms with Crippen LogP contribution in [0.25, 0.3) is 10.9 Å². The molecular formula is C25H24N2O4. The summed E-state index contributed by atoms with van der Waals surface area (Å²) in [7, 11) is 3.37. The molecule has 1 saturated heterocycles. The highest BCUT2D eigenvalue weighted by Crippen LogP contribution is 2.68. The maximum Gasteiger partial charge on any atom is 0.166 e. The molecule has 4 aliphatic rings. The van der Waals surface area contributed by atoms with Gasteiger partial charge in [0.15, 0.2) is 17.6 Å². The van der Waals surface area contributed by atoms with Crippen molar-refractivity contribution >= 4 is 10.9 Å². The third-order valence-corrected chi connectivity index (χ3v) is 8.11. The summed E-state index contributed by atoms with van der Waals surface area (Å²) in [5.74, 6) is 2.28. The van der Waals surface area contributed by atoms with Crippen molar-refractivity contribution in [3.8, 4) is 17.2 Å². The van der Waals surface area contributed by atoms with E-state index in [4.69, 9.17) is 19.2 Å². The molecule has 2 N–H and O–H groups in total. The van der Waals surface area contributed by atoms with Gasteiger partial charge in [0.05, 0.1) is 36.4 Å². The van der Waals surface area contributed by atoms with Gasteiger partial charge in [0.1, 0.15) is 5.75 Å². The molecule has 2 aromatic carbocycles. The van der Waals surface area contributed by atoms with E-state index in [0.717, 1.165) is 64.4 Å². The van der Waals surface area contributed by atoms with Crippen LogP contribution < -0.4 is 19.5 Å². The molecule has 31 heavy (non-hydrogen) atoms. The van der Waals surface area contributed by atoms with Crippen molar-refractivity contribution in [2.75, 3.05) is 20.8 Å². The lowest BCUT2D eigenvalue weighted by atomic mass is 9.49. The summed E-state index contributed by atoms with van der Waals surface area (Å²) in [6.07, 6.45) is 1.65. The van der Waals surface area contributed by atoms with Crippen LogP contribution in [0.2, 0.25) is 0 Å². The molecule has 4 atom stereocenters. The predicted molar refractivity (Wildman–Crippen MR) is 115 cm³/mol. The molecule has 2 bridgehead atoms. The molecule has 0 saturated carbocycles. The zero-order chi connectivity index (χ0) is 21.0. The van der Waals surface area contributed by atoms with Crippen molar-refractivity contribution in [3.63, 3.8) is 0 Å². The first-order chi connectivity index (χ1) is 15.1. The van der Waals surface area contributed by atoms with Gasteiger partial charge in [0.2, 0.25) is 0 Å². The molecule has 6 nitrogen and oxygen atoms in total. The number of fused-ring (bicyclic) bond motifs is 3. The van der Waals surface area contributed by atoms with Crippen molar-refractivity contribution in [2.45, 2.75) is 42.4 Å². The molecule has 7 rings (SSSR count). The number of aromatic nitrogens is 1. The minimum atomic E-state index is -0.995. The van der Waals surface area contributed by atoms with Crippen molar-refractivity contribution in [1.82, 2.24) is 10.3 Å². The maximum atomic E-state index is 12.4. The van der Waals surface area contributed by atoms with Gasteiger partial charge >= 0.3 is 0 Å². The van der Waals surface area contributed by atoms with Gasteiger partial charge in [-0.3, -0.25) is 0 Å². The van der Waals surface area contributed by atoms with Gasteiger partial charge in [0, 0.05) is 29.0 Å². The molecule has 1 spiro atoms. The van der Waals surface area contributed by atoms with E-state index in [1.54, 1.807) is 14.2 Å². The molecule has 6 heteroatoms. The van der Waals surface area contributed by atoms with E-state index < -0.39 is 11.0 Å². The Kier molecular flexibility index (Phi) is 3.27. The van der Waals surface area contributed by atoms with Gasteiger partial charge in [-0.25, -0.2) is 4.98 Å². The topological polar surface area (TPSA) is 72.8 Å². The Morgan fingerprint density at radius 1 is 1.16 bits per heavy atom. The Hall–Kier alpha value is -2.83. The fourth-order valence-electron chi connectivity index (χ4n) is 6.89. The summed E-state index contributed by atoms with van der Waals surface area (Å²) < 4.78 is 18.3. The Morgan fingerprint density at radius 2 is 2.03 bits per heavy atom. The van der Waals surface area contributed by atoms with E-state index in [1.165, 1.54) is 5.56 Å². The number of piperidine rings is 1. The first-order valence-corrected chi connectivity index (χ1v) is 10.9. The second kappa shape index (κ2) is 5.69. The van der Waals surface area contributed by atoms with Crippen LogP contribution >= 0.6 is 0 Å². The lowest BCUT2D eigenvalue weighted by Crippen LogP contribution is -2.74. The maximum absolute atomic E-state index is 12.4. The average Bonchev–Trinajstić information content (AvgIpc) is 3.12. The first-order valence-electron chi connectivity index (χ1n) is 10.9. The Balaban J connectivity index is 1.60. The van der Waals surface area contributed by atoms with Crippen LogP contribution in [0.4, 0.5) is 0 Å². The lowest BCUT2D eigenvalue weighted by Gasteiger charge is -2.60. The number of pyridine rings is 1. The van der Waals surface area contributed by atoms with Crippen LogP contribution in [-0.2, 0) is 18.3 Å². The highest BCUT2D eigenvalue weighted by atomic mass is 16.5. The molecule has 1 fully saturated rings. The summed E-state index contributed by atoms with van der Waals surface area (Å²) in [6, 6.07) is 12.1. The zero-order valence-corrected chi connectivity index (χ0v) is 17.6. The lowest BCUT2D eigenvalue weighted by molar-refractivity contribution is -0.135. The van der Waals surface area contributed by atoms with Crippen LogP contribution in [0.3, 0.4) is 0 Å². The smallest absolute Gasteiger partial charge is 0.166 e. The molecule has 2 aliphatic heterocycles. The number of methoxy groups -OCH3 is 2. The van der Waals surface area contributed by atoms with Crippen LogP contribution in [-0.4, -0.2) is 42.5 Å². The van der Waals surface area contributed by atoms with Gasteiger partial charge in [-0.15, -0.1) is 0 Å². The molecule has 3 aromatic rings. The first kappa shape index (κ1) is 17.8. The van der Waals surface area contributed by atoms with Crippen molar-refractivity contribution in [2.24, 2.45) is 0 Å². The molecule has 0 radical (unpaired) electrons. The molecule has 0 amide bonds. The normalized spacial score (nSPS) is 31.6. The fourth-order valence-corrected chi connectivity index (χ4v) is 6.89. The fraction of sp³-hybridized carbons (Fsp3) is 0.400. The van der Waals surface area contributed by atoms with Crippen molar-refractivity contribution in [3.05, 3.63) is 58.8 Å². The minimum absolute atomic E-state index is 0.0523. The second-order valence-corrected chi connectivity index (χ2v) is 9.19. The number of hydrogen-bond donors (Lipinski definition) is 2. The predicted octanol–water partition coefficient (Wildman–Crippen LogP) is 2.83. The minimum Gasteiger partial charge on any atom is -0.496 e. The largest absolute Gasteiger partial charge is 0.496 e. The van der Waals surface area contributed by atoms with Crippen LogP contribution in [0.5, 0.6) is 17.2 Å². The van der Waals surface area contributed by atoms with E-state index in [-0.39, 0.29) is 12.1 Å². The van der Waals surface area contributed by atoms with E-state index in [0.29, 0.717) is 6.42 Å². The van der Waals surface area contributed by atoms with E-state index in [9.17, 15) is 5.11 Å². The van der Waals surface area contributed by atoms with Crippen LogP contribution in [0.1, 0.15) is 34.9 Å². The number of ether oxygens (including phenoxy) is 3. The third-order valence-electron chi connectivity index (χ3n) is 8.11. The Morgan fingerprint density at radius 3 is 2.87 bits per heavy atom. The number of nitrogens with one attached hydrogen (secondary N) is 1. The molecule has 3 heterocycles. The standard InChI is InChI=1S/C25H24N2O4/c1-29-17-8-7-13-11-18-25(28)12-15-20(27-16-6-4-3-5-14(16)21(15)30-2)23-24(25,9-10-26-18)19(13)22(17)31-23/h3-8,18,23,26,28H,9-12H2,1-2H3/t18-,23?,24-,25?/m0/s1. The summed E-state index contributed by atoms with van der Waals surface area (Å²) in [5, 5.41) is 17.0. The average molecular weight is 416 g/mol. The van der Waals surface area contributed by atoms with Crippen molar-refractivity contribution in [1.29, 1.82) is 0 Å². The number of benzene rings is 2. The molecule has 2 aliphatic carbocycles. The van der Waals surface area contributed by atoms with E-state index in [1.807, 2.05) is 30.3 Å². The highest BCUT2D eigenvalue weighted by molar-refractivity contribution is 5.87. The summed E-state index contributed by atoms with van der Waals surface area (Å²) in [5.41, 5.74) is 3.53. The van der Waals surface area contributed by atoms with Gasteiger partial charge < -0.3 is 24.6 Å². The summed E-state index contributed by atoms with van der Waals surface area (Å²) >= 11 is 0. The number of rotatable bonds is 2. The molecule has 2 unspecified atom stereocenters. The van der Waals surface area contributed by atoms with E-state index >= 15 is 0 Å².